The highest BCUT2D eigenvalue weighted by atomic mass is 15.0. The number of hydrogen-bond donors (Lipinski definition) is 2. The van der Waals surface area contributed by atoms with Gasteiger partial charge in [0.25, 0.3) is 0 Å². The van der Waals surface area contributed by atoms with Gasteiger partial charge in [-0.05, 0) is 31.0 Å². The molecule has 0 fully saturated rings. The predicted octanol–water partition coefficient (Wildman–Crippen LogP) is 2.67. The maximum atomic E-state index is 5.74. The van der Waals surface area contributed by atoms with E-state index < -0.39 is 0 Å². The third-order valence-electron chi connectivity index (χ3n) is 2.72. The molecule has 0 aliphatic rings. The van der Waals surface area contributed by atoms with E-state index in [0.29, 0.717) is 5.82 Å². The van der Waals surface area contributed by atoms with Crippen molar-refractivity contribution >= 4 is 17.3 Å². The lowest BCUT2D eigenvalue weighted by atomic mass is 10.1. The Labute approximate surface area is 101 Å². The van der Waals surface area contributed by atoms with Crippen LogP contribution in [0.4, 0.5) is 17.3 Å². The zero-order valence-electron chi connectivity index (χ0n) is 10.1. The van der Waals surface area contributed by atoms with Crippen LogP contribution in [0.1, 0.15) is 18.1 Å². The summed E-state index contributed by atoms with van der Waals surface area (Å²) < 4.78 is 0. The molecule has 1 heterocycles. The Morgan fingerprint density at radius 3 is 2.88 bits per heavy atom. The number of aryl methyl sites for hydroxylation is 1. The summed E-state index contributed by atoms with van der Waals surface area (Å²) in [6.45, 7) is 4.04. The van der Waals surface area contributed by atoms with Crippen molar-refractivity contribution in [3.05, 3.63) is 41.7 Å². The molecule has 0 aliphatic carbocycles. The van der Waals surface area contributed by atoms with Gasteiger partial charge in [0.05, 0.1) is 0 Å². The van der Waals surface area contributed by atoms with Crippen LogP contribution in [0.25, 0.3) is 0 Å². The van der Waals surface area contributed by atoms with Gasteiger partial charge in [0, 0.05) is 11.3 Å². The maximum absolute atomic E-state index is 5.74. The molecule has 0 unspecified atom stereocenters. The molecule has 0 aliphatic heterocycles. The second-order valence-corrected chi connectivity index (χ2v) is 3.91. The Morgan fingerprint density at radius 1 is 1.29 bits per heavy atom. The van der Waals surface area contributed by atoms with Crippen molar-refractivity contribution in [3.63, 3.8) is 0 Å². The van der Waals surface area contributed by atoms with Gasteiger partial charge >= 0.3 is 0 Å². The van der Waals surface area contributed by atoms with Crippen molar-refractivity contribution in [2.45, 2.75) is 20.3 Å². The van der Waals surface area contributed by atoms with E-state index in [4.69, 9.17) is 5.73 Å². The van der Waals surface area contributed by atoms with Crippen LogP contribution in [0.2, 0.25) is 0 Å². The summed E-state index contributed by atoms with van der Waals surface area (Å²) in [4.78, 5) is 8.13. The number of nitrogens with one attached hydrogen (secondary N) is 1. The van der Waals surface area contributed by atoms with Gasteiger partial charge in [0.1, 0.15) is 18.0 Å². The summed E-state index contributed by atoms with van der Waals surface area (Å²) in [6, 6.07) is 8.25. The van der Waals surface area contributed by atoms with E-state index in [0.717, 1.165) is 23.5 Å². The van der Waals surface area contributed by atoms with Crippen LogP contribution in [0, 0.1) is 6.92 Å². The normalized spacial score (nSPS) is 10.2. The summed E-state index contributed by atoms with van der Waals surface area (Å²) >= 11 is 0. The molecule has 4 nitrogen and oxygen atoms in total. The summed E-state index contributed by atoms with van der Waals surface area (Å²) in [7, 11) is 0. The summed E-state index contributed by atoms with van der Waals surface area (Å²) in [5, 5.41) is 3.26. The second-order valence-electron chi connectivity index (χ2n) is 3.91. The van der Waals surface area contributed by atoms with Crippen molar-refractivity contribution < 1.29 is 0 Å². The van der Waals surface area contributed by atoms with Gasteiger partial charge in [-0.1, -0.05) is 19.1 Å². The van der Waals surface area contributed by atoms with Gasteiger partial charge in [-0.3, -0.25) is 0 Å². The third kappa shape index (κ3) is 2.53. The van der Waals surface area contributed by atoms with Crippen LogP contribution in [-0.2, 0) is 6.42 Å². The fourth-order valence-corrected chi connectivity index (χ4v) is 1.60. The lowest BCUT2D eigenvalue weighted by Crippen LogP contribution is -2.02. The number of nitrogens with two attached hydrogens (primary N) is 1. The van der Waals surface area contributed by atoms with Gasteiger partial charge in [-0.15, -0.1) is 0 Å². The summed E-state index contributed by atoms with van der Waals surface area (Å²) in [6.07, 6.45) is 2.48. The quantitative estimate of drug-likeness (QED) is 0.847. The topological polar surface area (TPSA) is 63.8 Å². The Balaban J connectivity index is 2.28. The van der Waals surface area contributed by atoms with Crippen LogP contribution < -0.4 is 11.1 Å². The van der Waals surface area contributed by atoms with Gasteiger partial charge in [-0.2, -0.15) is 0 Å². The Morgan fingerprint density at radius 2 is 2.12 bits per heavy atom. The van der Waals surface area contributed by atoms with Gasteiger partial charge in [-0.25, -0.2) is 9.97 Å². The van der Waals surface area contributed by atoms with Crippen molar-refractivity contribution in [2.24, 2.45) is 0 Å². The molecule has 0 saturated heterocycles. The average molecular weight is 228 g/mol. The molecule has 0 radical (unpaired) electrons. The Kier molecular flexibility index (Phi) is 3.23. The van der Waals surface area contributed by atoms with Crippen LogP contribution in [-0.4, -0.2) is 9.97 Å². The number of benzene rings is 1. The molecular formula is C13H16N4. The standard InChI is InChI=1S/C13H16N4/c1-3-10-5-4-6-11(7-10)17-13-9(2)12(14)15-8-16-13/h4-8H,3H2,1-2H3,(H3,14,15,16,17). The molecule has 17 heavy (non-hydrogen) atoms. The monoisotopic (exact) mass is 228 g/mol. The number of anilines is 3. The fourth-order valence-electron chi connectivity index (χ4n) is 1.60. The molecule has 1 aromatic carbocycles. The van der Waals surface area contributed by atoms with Crippen LogP contribution in [0.5, 0.6) is 0 Å². The minimum Gasteiger partial charge on any atom is -0.383 e. The first kappa shape index (κ1) is 11.4. The lowest BCUT2D eigenvalue weighted by Gasteiger charge is -2.10. The van der Waals surface area contributed by atoms with Gasteiger partial charge < -0.3 is 11.1 Å². The summed E-state index contributed by atoms with van der Waals surface area (Å²) in [5.74, 6) is 1.26. The number of aromatic nitrogens is 2. The molecule has 0 saturated carbocycles. The zero-order chi connectivity index (χ0) is 12.3. The molecule has 2 aromatic rings. The Hall–Kier alpha value is -2.10. The van der Waals surface area contributed by atoms with Crippen LogP contribution in [0.15, 0.2) is 30.6 Å². The largest absolute Gasteiger partial charge is 0.383 e. The lowest BCUT2D eigenvalue weighted by molar-refractivity contribution is 1.13. The predicted molar refractivity (Wildman–Crippen MR) is 70.3 cm³/mol. The summed E-state index contributed by atoms with van der Waals surface area (Å²) in [5.41, 5.74) is 8.91. The molecule has 1 aromatic heterocycles. The smallest absolute Gasteiger partial charge is 0.138 e. The number of nitrogens with zero attached hydrogens (tertiary/aromatic N) is 2. The number of hydrogen-bond acceptors (Lipinski definition) is 4. The van der Waals surface area contributed by atoms with Crippen molar-refractivity contribution in [2.75, 3.05) is 11.1 Å². The van der Waals surface area contributed by atoms with Crippen LogP contribution in [0.3, 0.4) is 0 Å². The maximum Gasteiger partial charge on any atom is 0.138 e. The van der Waals surface area contributed by atoms with Gasteiger partial charge in [0.15, 0.2) is 0 Å². The van der Waals surface area contributed by atoms with Crippen molar-refractivity contribution in [1.29, 1.82) is 0 Å². The Bertz CT molecular complexity index is 523. The van der Waals surface area contributed by atoms with Crippen LogP contribution >= 0.6 is 0 Å². The fraction of sp³-hybridized carbons (Fsp3) is 0.231. The highest BCUT2D eigenvalue weighted by Gasteiger charge is 2.04. The molecule has 0 spiro atoms. The van der Waals surface area contributed by atoms with E-state index in [9.17, 15) is 0 Å². The minimum atomic E-state index is 0.508. The SMILES string of the molecule is CCc1cccc(Nc2ncnc(N)c2C)c1. The first-order valence-corrected chi connectivity index (χ1v) is 5.63. The van der Waals surface area contributed by atoms with Gasteiger partial charge in [0.2, 0.25) is 0 Å². The van der Waals surface area contributed by atoms with Crippen molar-refractivity contribution in [3.8, 4) is 0 Å². The van der Waals surface area contributed by atoms with E-state index in [1.807, 2.05) is 19.1 Å². The number of nitrogen functional groups attached to an aromatic ring is 1. The van der Waals surface area contributed by atoms with E-state index in [2.05, 4.69) is 34.3 Å². The first-order valence-electron chi connectivity index (χ1n) is 5.63. The molecule has 0 atom stereocenters. The molecule has 0 amide bonds. The highest BCUT2D eigenvalue weighted by molar-refractivity contribution is 5.63. The highest BCUT2D eigenvalue weighted by Crippen LogP contribution is 2.21. The van der Waals surface area contributed by atoms with Crippen molar-refractivity contribution in [1.82, 2.24) is 9.97 Å². The molecule has 0 bridgehead atoms. The minimum absolute atomic E-state index is 0.508. The van der Waals surface area contributed by atoms with E-state index in [1.165, 1.54) is 11.9 Å². The first-order chi connectivity index (χ1) is 8.20. The molecule has 2 rings (SSSR count). The second kappa shape index (κ2) is 4.82. The van der Waals surface area contributed by atoms with E-state index in [-0.39, 0.29) is 0 Å². The molecule has 88 valence electrons. The van der Waals surface area contributed by atoms with E-state index in [1.54, 1.807) is 0 Å². The number of rotatable bonds is 3. The van der Waals surface area contributed by atoms with E-state index >= 15 is 0 Å². The molecule has 4 heteroatoms. The average Bonchev–Trinajstić information content (AvgIpc) is 2.35. The molecule has 3 N–H and O–H groups in total. The molecular weight excluding hydrogens is 212 g/mol. The third-order valence-corrected chi connectivity index (χ3v) is 2.72. The zero-order valence-corrected chi connectivity index (χ0v) is 10.1.